The third-order valence-electron chi connectivity index (χ3n) is 6.81. The molecule has 0 bridgehead atoms. The van der Waals surface area contributed by atoms with Gasteiger partial charge in [-0.25, -0.2) is 4.79 Å². The lowest BCUT2D eigenvalue weighted by molar-refractivity contribution is 0.0582. The summed E-state index contributed by atoms with van der Waals surface area (Å²) in [5, 5.41) is 14.1. The first-order chi connectivity index (χ1) is 19.0. The molecule has 39 heavy (non-hydrogen) atoms. The predicted molar refractivity (Wildman–Crippen MR) is 161 cm³/mol. The molecule has 0 radical (unpaired) electrons. The molecule has 3 atom stereocenters. The molecule has 5 nitrogen and oxygen atoms in total. The predicted octanol–water partition coefficient (Wildman–Crippen LogP) is 4.94. The van der Waals surface area contributed by atoms with E-state index in [2.05, 4.69) is 91.0 Å². The van der Waals surface area contributed by atoms with Crippen LogP contribution < -0.4 is 21.6 Å². The number of likely N-dealkylation sites (tertiary alicyclic amines) is 1. The van der Waals surface area contributed by atoms with E-state index in [4.69, 9.17) is 10.5 Å². The lowest BCUT2D eigenvalue weighted by Gasteiger charge is -2.27. The molecule has 6 heteroatoms. The Labute approximate surface area is 233 Å². The zero-order chi connectivity index (χ0) is 27.5. The van der Waals surface area contributed by atoms with Crippen molar-refractivity contribution in [2.24, 2.45) is 5.73 Å². The first kappa shape index (κ1) is 28.5. The number of amides is 1. The lowest BCUT2D eigenvalue weighted by atomic mass is 10.1. The van der Waals surface area contributed by atoms with Gasteiger partial charge in [0.15, 0.2) is 0 Å². The van der Waals surface area contributed by atoms with E-state index in [0.717, 1.165) is 12.0 Å². The molecule has 0 unspecified atom stereocenters. The van der Waals surface area contributed by atoms with Crippen molar-refractivity contribution in [3.05, 3.63) is 127 Å². The van der Waals surface area contributed by atoms with Gasteiger partial charge in [0, 0.05) is 12.1 Å². The molecule has 3 N–H and O–H groups in total. The summed E-state index contributed by atoms with van der Waals surface area (Å²) in [5.74, 6) is 0. The molecule has 5 rings (SSSR count). The van der Waals surface area contributed by atoms with E-state index in [0.29, 0.717) is 6.42 Å². The average molecular weight is 541 g/mol. The molecular weight excluding hydrogens is 503 g/mol. The SMILES string of the molecule is C[C@@H]1CC[C@H](N)[C@@H](O)CN1C(=O)OCc1ccccc1.c1ccc(P(c2ccccc2)c2ccccc2)cc1. The smallest absolute Gasteiger partial charge is 0.410 e. The van der Waals surface area contributed by atoms with Crippen molar-refractivity contribution in [2.45, 2.75) is 44.6 Å². The summed E-state index contributed by atoms with van der Waals surface area (Å²) in [6.45, 7) is 2.43. The van der Waals surface area contributed by atoms with Gasteiger partial charge in [-0.05, 0) is 49.2 Å². The van der Waals surface area contributed by atoms with Gasteiger partial charge in [-0.3, -0.25) is 0 Å². The number of hydrogen-bond donors (Lipinski definition) is 2. The number of nitrogens with two attached hydrogens (primary N) is 1. The second-order valence-corrected chi connectivity index (χ2v) is 11.9. The minimum Gasteiger partial charge on any atom is -0.445 e. The molecule has 1 amide bonds. The highest BCUT2D eigenvalue weighted by Crippen LogP contribution is 2.32. The van der Waals surface area contributed by atoms with E-state index in [9.17, 15) is 9.90 Å². The summed E-state index contributed by atoms with van der Waals surface area (Å²) in [7, 11) is -0.446. The molecule has 4 aromatic carbocycles. The van der Waals surface area contributed by atoms with Crippen LogP contribution in [0.5, 0.6) is 0 Å². The molecule has 1 saturated heterocycles. The average Bonchev–Trinajstić information content (AvgIpc) is 3.12. The van der Waals surface area contributed by atoms with E-state index < -0.39 is 20.1 Å². The Morgan fingerprint density at radius 3 is 1.69 bits per heavy atom. The molecule has 1 aliphatic rings. The minimum absolute atomic E-state index is 0.0291. The van der Waals surface area contributed by atoms with Gasteiger partial charge in [0.05, 0.1) is 12.6 Å². The minimum atomic E-state index is -0.691. The third-order valence-corrected chi connectivity index (χ3v) is 9.25. The van der Waals surface area contributed by atoms with E-state index >= 15 is 0 Å². The van der Waals surface area contributed by atoms with Gasteiger partial charge in [0.1, 0.15) is 6.61 Å². The molecule has 1 heterocycles. The molecule has 0 saturated carbocycles. The Balaban J connectivity index is 0.000000181. The number of nitrogens with zero attached hydrogens (tertiary/aromatic N) is 1. The fourth-order valence-corrected chi connectivity index (χ4v) is 6.84. The second-order valence-electron chi connectivity index (χ2n) is 9.69. The number of aliphatic hydroxyl groups is 1. The standard InChI is InChI=1S/C18H15P.C15H22N2O3/c1-4-10-16(11-5-1)19(17-12-6-2-7-13-17)18-14-8-3-9-15-18;1-11-7-8-13(16)14(18)9-17(11)15(19)20-10-12-5-3-2-4-6-12/h1-15H;2-6,11,13-14,18H,7-10,16H2,1H3/t;11-,13+,14+/m.1/s1. The number of carbonyl (C=O) groups is 1. The molecule has 1 aliphatic heterocycles. The summed E-state index contributed by atoms with van der Waals surface area (Å²) in [6.07, 6.45) is 0.405. The van der Waals surface area contributed by atoms with Gasteiger partial charge in [0.25, 0.3) is 0 Å². The summed E-state index contributed by atoms with van der Waals surface area (Å²) in [4.78, 5) is 13.7. The van der Waals surface area contributed by atoms with Crippen molar-refractivity contribution in [3.8, 4) is 0 Å². The summed E-state index contributed by atoms with van der Waals surface area (Å²) in [5.41, 5.74) is 6.78. The number of hydrogen-bond acceptors (Lipinski definition) is 4. The van der Waals surface area contributed by atoms with Crippen LogP contribution in [0.1, 0.15) is 25.3 Å². The van der Waals surface area contributed by atoms with Gasteiger partial charge in [-0.1, -0.05) is 121 Å². The van der Waals surface area contributed by atoms with Crippen LogP contribution in [0.2, 0.25) is 0 Å². The fraction of sp³-hybridized carbons (Fsp3) is 0.242. The Morgan fingerprint density at radius 1 is 0.795 bits per heavy atom. The van der Waals surface area contributed by atoms with Crippen molar-refractivity contribution in [1.82, 2.24) is 4.90 Å². The largest absolute Gasteiger partial charge is 0.445 e. The Hall–Kier alpha value is -3.50. The van der Waals surface area contributed by atoms with Crippen LogP contribution in [0.3, 0.4) is 0 Å². The maximum atomic E-state index is 12.1. The maximum Gasteiger partial charge on any atom is 0.410 e. The fourth-order valence-electron chi connectivity index (χ4n) is 4.53. The van der Waals surface area contributed by atoms with Crippen molar-refractivity contribution >= 4 is 29.9 Å². The Bertz CT molecular complexity index is 1170. The summed E-state index contributed by atoms with van der Waals surface area (Å²) >= 11 is 0. The number of benzene rings is 4. The van der Waals surface area contributed by atoms with Gasteiger partial charge < -0.3 is 20.5 Å². The van der Waals surface area contributed by atoms with Crippen molar-refractivity contribution in [2.75, 3.05) is 6.54 Å². The number of β-amino-alcohol motifs (C(OH)–C–C–N with tert-alkyl or cyclic N) is 1. The van der Waals surface area contributed by atoms with Crippen LogP contribution >= 0.6 is 7.92 Å². The van der Waals surface area contributed by atoms with Crippen LogP contribution in [0.25, 0.3) is 0 Å². The normalized spacial score (nSPS) is 19.0. The number of aliphatic hydroxyl groups excluding tert-OH is 1. The van der Waals surface area contributed by atoms with Gasteiger partial charge in [-0.2, -0.15) is 0 Å². The molecular formula is C33H37N2O3P. The van der Waals surface area contributed by atoms with Crippen LogP contribution in [0.4, 0.5) is 4.79 Å². The van der Waals surface area contributed by atoms with Crippen LogP contribution in [0, 0.1) is 0 Å². The molecule has 1 fully saturated rings. The van der Waals surface area contributed by atoms with Gasteiger partial charge in [0.2, 0.25) is 0 Å². The molecule has 0 aliphatic carbocycles. The van der Waals surface area contributed by atoms with E-state index in [1.165, 1.54) is 15.9 Å². The summed E-state index contributed by atoms with van der Waals surface area (Å²) < 4.78 is 5.31. The van der Waals surface area contributed by atoms with E-state index in [1.54, 1.807) is 4.90 Å². The Morgan fingerprint density at radius 2 is 1.23 bits per heavy atom. The van der Waals surface area contributed by atoms with Gasteiger partial charge in [-0.15, -0.1) is 0 Å². The van der Waals surface area contributed by atoms with Crippen molar-refractivity contribution < 1.29 is 14.6 Å². The number of ether oxygens (including phenoxy) is 1. The molecule has 4 aromatic rings. The number of carbonyl (C=O) groups excluding carboxylic acids is 1. The molecule has 202 valence electrons. The van der Waals surface area contributed by atoms with E-state index in [1.807, 2.05) is 37.3 Å². The van der Waals surface area contributed by atoms with Crippen molar-refractivity contribution in [3.63, 3.8) is 0 Å². The molecule has 0 spiro atoms. The number of rotatable bonds is 5. The maximum absolute atomic E-state index is 12.1. The quantitative estimate of drug-likeness (QED) is 0.352. The van der Waals surface area contributed by atoms with Crippen molar-refractivity contribution in [1.29, 1.82) is 0 Å². The van der Waals surface area contributed by atoms with Gasteiger partial charge >= 0.3 is 6.09 Å². The topological polar surface area (TPSA) is 75.8 Å². The van der Waals surface area contributed by atoms with E-state index in [-0.39, 0.29) is 25.2 Å². The monoisotopic (exact) mass is 540 g/mol. The third kappa shape index (κ3) is 8.24. The summed E-state index contributed by atoms with van der Waals surface area (Å²) in [6, 6.07) is 41.6. The van der Waals surface area contributed by atoms with Crippen LogP contribution in [0.15, 0.2) is 121 Å². The zero-order valence-electron chi connectivity index (χ0n) is 22.3. The highest BCUT2D eigenvalue weighted by molar-refractivity contribution is 7.79. The highest BCUT2D eigenvalue weighted by Gasteiger charge is 2.30. The first-order valence-corrected chi connectivity index (χ1v) is 14.7. The zero-order valence-corrected chi connectivity index (χ0v) is 23.2. The Kier molecular flexibility index (Phi) is 10.7. The molecule has 0 aromatic heterocycles. The first-order valence-electron chi connectivity index (χ1n) is 13.4. The van der Waals surface area contributed by atoms with Crippen LogP contribution in [-0.4, -0.2) is 40.8 Å². The second kappa shape index (κ2) is 14.6. The highest BCUT2D eigenvalue weighted by atomic mass is 31.1. The lowest BCUT2D eigenvalue weighted by Crippen LogP contribution is -2.45. The van der Waals surface area contributed by atoms with Crippen LogP contribution in [-0.2, 0) is 11.3 Å².